The van der Waals surface area contributed by atoms with Crippen molar-refractivity contribution in [2.45, 2.75) is 31.9 Å². The molecule has 2 aliphatic rings. The van der Waals surface area contributed by atoms with Crippen LogP contribution in [0.2, 0.25) is 0 Å². The predicted octanol–water partition coefficient (Wildman–Crippen LogP) is 2.26. The fourth-order valence-corrected chi connectivity index (χ4v) is 3.95. The number of carbonyl (C=O) groups is 1. The summed E-state index contributed by atoms with van der Waals surface area (Å²) >= 11 is 0. The second-order valence-electron chi connectivity index (χ2n) is 8.07. The molecular formula is C22H30N6O3. The standard InChI is InChI=1S/C22H30N6O3/c1-27-8-9-28(2)19(29)5-4-10-31-18-11-16(6-7-17(18)30-3)26-22-20-15(13-27)12-23-21(20)24-14-25-22/h6-7,12,14,18H,4-5,8-11,13H2,1-3H3,(H2,23,24,25,26). The van der Waals surface area contributed by atoms with Crippen molar-refractivity contribution < 1.29 is 14.3 Å². The Balaban J connectivity index is 1.65. The van der Waals surface area contributed by atoms with Crippen LogP contribution in [0.5, 0.6) is 0 Å². The average Bonchev–Trinajstić information content (AvgIpc) is 3.18. The van der Waals surface area contributed by atoms with Gasteiger partial charge in [0.15, 0.2) is 0 Å². The van der Waals surface area contributed by atoms with Gasteiger partial charge in [-0.1, -0.05) is 0 Å². The third-order valence-corrected chi connectivity index (χ3v) is 5.77. The predicted molar refractivity (Wildman–Crippen MR) is 118 cm³/mol. The van der Waals surface area contributed by atoms with Gasteiger partial charge in [-0.2, -0.15) is 0 Å². The fourth-order valence-electron chi connectivity index (χ4n) is 3.95. The lowest BCUT2D eigenvalue weighted by molar-refractivity contribution is -0.130. The average molecular weight is 427 g/mol. The third-order valence-electron chi connectivity index (χ3n) is 5.77. The summed E-state index contributed by atoms with van der Waals surface area (Å²) in [5.74, 6) is 1.69. The number of hydrogen-bond donors (Lipinski definition) is 2. The minimum Gasteiger partial charge on any atom is -0.498 e. The molecule has 9 nitrogen and oxygen atoms in total. The number of amides is 1. The number of carbonyl (C=O) groups excluding carboxylic acids is 1. The lowest BCUT2D eigenvalue weighted by atomic mass is 10.1. The Morgan fingerprint density at radius 3 is 2.94 bits per heavy atom. The van der Waals surface area contributed by atoms with Crippen LogP contribution >= 0.6 is 0 Å². The first-order valence-electron chi connectivity index (χ1n) is 10.6. The van der Waals surface area contributed by atoms with E-state index >= 15 is 0 Å². The van der Waals surface area contributed by atoms with E-state index in [-0.39, 0.29) is 12.0 Å². The van der Waals surface area contributed by atoms with Gasteiger partial charge in [0, 0.05) is 58.0 Å². The van der Waals surface area contributed by atoms with E-state index < -0.39 is 0 Å². The maximum Gasteiger partial charge on any atom is 0.222 e. The maximum absolute atomic E-state index is 12.5. The second-order valence-corrected chi connectivity index (χ2v) is 8.07. The quantitative estimate of drug-likeness (QED) is 0.722. The van der Waals surface area contributed by atoms with Crippen LogP contribution in [0.25, 0.3) is 11.0 Å². The number of allylic oxidation sites excluding steroid dienone is 2. The number of aromatic amines is 1. The van der Waals surface area contributed by atoms with Crippen LogP contribution in [0.4, 0.5) is 5.82 Å². The molecule has 3 heterocycles. The number of nitrogens with one attached hydrogen (secondary N) is 2. The summed E-state index contributed by atoms with van der Waals surface area (Å²) in [6, 6.07) is 0. The van der Waals surface area contributed by atoms with Crippen LogP contribution in [0.3, 0.4) is 0 Å². The fraction of sp³-hybridized carbons (Fsp3) is 0.500. The number of likely N-dealkylation sites (N-methyl/N-ethyl adjacent to an activating group) is 2. The lowest BCUT2D eigenvalue weighted by Gasteiger charge is -2.25. The van der Waals surface area contributed by atoms with Crippen LogP contribution in [0.1, 0.15) is 24.8 Å². The van der Waals surface area contributed by atoms with Gasteiger partial charge in [-0.15, -0.1) is 0 Å². The molecule has 2 bridgehead atoms. The number of nitrogens with zero attached hydrogens (tertiary/aromatic N) is 4. The van der Waals surface area contributed by atoms with Crippen molar-refractivity contribution >= 4 is 22.8 Å². The largest absolute Gasteiger partial charge is 0.498 e. The molecule has 0 saturated carbocycles. The van der Waals surface area contributed by atoms with Gasteiger partial charge in [0.05, 0.1) is 12.5 Å². The Kier molecular flexibility index (Phi) is 6.53. The number of aromatic nitrogens is 3. The molecule has 1 atom stereocenters. The van der Waals surface area contributed by atoms with Crippen molar-refractivity contribution in [3.63, 3.8) is 0 Å². The summed E-state index contributed by atoms with van der Waals surface area (Å²) in [5.41, 5.74) is 2.89. The highest BCUT2D eigenvalue weighted by atomic mass is 16.5. The SMILES string of the molecule is COC1=CC=C2CC1OCCCC(=O)N(C)CCN(C)Cc1c[nH]c3ncnc(c13)N2. The highest BCUT2D eigenvalue weighted by Gasteiger charge is 2.23. The highest BCUT2D eigenvalue weighted by molar-refractivity contribution is 5.91. The number of ether oxygens (including phenoxy) is 2. The van der Waals surface area contributed by atoms with Crippen LogP contribution in [0, 0.1) is 0 Å². The molecule has 1 aliphatic heterocycles. The highest BCUT2D eigenvalue weighted by Crippen LogP contribution is 2.29. The van der Waals surface area contributed by atoms with Crippen molar-refractivity contribution in [1.29, 1.82) is 0 Å². The topological polar surface area (TPSA) is 95.6 Å². The molecule has 0 spiro atoms. The Morgan fingerprint density at radius 2 is 2.10 bits per heavy atom. The molecule has 0 radical (unpaired) electrons. The maximum atomic E-state index is 12.5. The molecular weight excluding hydrogens is 396 g/mol. The summed E-state index contributed by atoms with van der Waals surface area (Å²) in [6.07, 6.45) is 9.05. The van der Waals surface area contributed by atoms with E-state index in [9.17, 15) is 4.79 Å². The summed E-state index contributed by atoms with van der Waals surface area (Å²) in [5, 5.41) is 4.45. The van der Waals surface area contributed by atoms with Gasteiger partial charge in [-0.3, -0.25) is 4.79 Å². The van der Waals surface area contributed by atoms with E-state index in [1.165, 1.54) is 0 Å². The Hall–Kier alpha value is -2.91. The molecule has 0 saturated heterocycles. The molecule has 1 amide bonds. The molecule has 2 aromatic rings. The molecule has 0 fully saturated rings. The minimum atomic E-state index is -0.199. The Morgan fingerprint density at radius 1 is 1.23 bits per heavy atom. The number of rotatable bonds is 1. The van der Waals surface area contributed by atoms with Gasteiger partial charge >= 0.3 is 0 Å². The van der Waals surface area contributed by atoms with E-state index in [1.807, 2.05) is 25.4 Å². The molecule has 1 unspecified atom stereocenters. The smallest absolute Gasteiger partial charge is 0.222 e. The van der Waals surface area contributed by atoms with E-state index in [1.54, 1.807) is 18.3 Å². The monoisotopic (exact) mass is 426 g/mol. The Labute approximate surface area is 182 Å². The van der Waals surface area contributed by atoms with Crippen molar-refractivity contribution in [3.05, 3.63) is 41.7 Å². The van der Waals surface area contributed by atoms with Crippen LogP contribution in [0.15, 0.2) is 36.1 Å². The molecule has 4 rings (SSSR count). The molecule has 2 aromatic heterocycles. The summed E-state index contributed by atoms with van der Waals surface area (Å²) in [4.78, 5) is 28.6. The van der Waals surface area contributed by atoms with E-state index in [4.69, 9.17) is 9.47 Å². The van der Waals surface area contributed by atoms with Gasteiger partial charge in [0.2, 0.25) is 5.91 Å². The van der Waals surface area contributed by atoms with Crippen LogP contribution in [-0.4, -0.2) is 77.7 Å². The zero-order valence-electron chi connectivity index (χ0n) is 18.4. The van der Waals surface area contributed by atoms with Gasteiger partial charge < -0.3 is 29.6 Å². The molecule has 9 heteroatoms. The number of hydrogen-bond acceptors (Lipinski definition) is 7. The summed E-state index contributed by atoms with van der Waals surface area (Å²) < 4.78 is 11.6. The van der Waals surface area contributed by atoms with E-state index in [0.29, 0.717) is 32.4 Å². The first kappa shape index (κ1) is 21.3. The molecule has 1 aliphatic carbocycles. The van der Waals surface area contributed by atoms with Crippen molar-refractivity contribution in [3.8, 4) is 0 Å². The molecule has 166 valence electrons. The summed E-state index contributed by atoms with van der Waals surface area (Å²) in [7, 11) is 5.57. The van der Waals surface area contributed by atoms with Crippen LogP contribution in [-0.2, 0) is 20.8 Å². The normalized spacial score (nSPS) is 21.8. The van der Waals surface area contributed by atoms with Crippen molar-refractivity contribution in [2.24, 2.45) is 0 Å². The number of anilines is 1. The number of methoxy groups -OCH3 is 1. The van der Waals surface area contributed by atoms with E-state index in [2.05, 4.69) is 32.2 Å². The zero-order chi connectivity index (χ0) is 21.8. The molecule has 31 heavy (non-hydrogen) atoms. The lowest BCUT2D eigenvalue weighted by Crippen LogP contribution is -2.34. The van der Waals surface area contributed by atoms with Crippen molar-refractivity contribution in [2.75, 3.05) is 46.2 Å². The number of fused-ring (bicyclic) bond motifs is 2. The van der Waals surface area contributed by atoms with Gasteiger partial charge in [0.25, 0.3) is 0 Å². The van der Waals surface area contributed by atoms with Gasteiger partial charge in [-0.25, -0.2) is 9.97 Å². The minimum absolute atomic E-state index is 0.137. The van der Waals surface area contributed by atoms with E-state index in [0.717, 1.165) is 47.0 Å². The zero-order valence-corrected chi connectivity index (χ0v) is 18.4. The molecule has 0 aromatic carbocycles. The van der Waals surface area contributed by atoms with Gasteiger partial charge in [-0.05, 0) is 31.2 Å². The molecule has 2 N–H and O–H groups in total. The first-order valence-corrected chi connectivity index (χ1v) is 10.6. The number of H-pyrrole nitrogens is 1. The third kappa shape index (κ3) is 4.88. The Bertz CT molecular complexity index is 998. The van der Waals surface area contributed by atoms with Crippen LogP contribution < -0.4 is 5.32 Å². The summed E-state index contributed by atoms with van der Waals surface area (Å²) in [6.45, 7) is 2.67. The van der Waals surface area contributed by atoms with Crippen molar-refractivity contribution in [1.82, 2.24) is 24.8 Å². The second kappa shape index (κ2) is 9.49. The van der Waals surface area contributed by atoms with Gasteiger partial charge in [0.1, 0.15) is 29.7 Å². The first-order chi connectivity index (χ1) is 15.0.